The van der Waals surface area contributed by atoms with Crippen molar-refractivity contribution in [3.05, 3.63) is 71.0 Å². The highest BCUT2D eigenvalue weighted by molar-refractivity contribution is 7.17. The van der Waals surface area contributed by atoms with Crippen molar-refractivity contribution in [2.75, 3.05) is 20.2 Å². The molecule has 2 aromatic carbocycles. The molecule has 0 bridgehead atoms. The average molecular weight is 370 g/mol. The van der Waals surface area contributed by atoms with Crippen LogP contribution in [0.1, 0.15) is 15.4 Å². The van der Waals surface area contributed by atoms with Gasteiger partial charge in [-0.05, 0) is 31.2 Å². The molecule has 3 aromatic rings. The van der Waals surface area contributed by atoms with Crippen LogP contribution in [0, 0.1) is 12.7 Å². The van der Waals surface area contributed by atoms with E-state index in [0.717, 1.165) is 16.3 Å². The monoisotopic (exact) mass is 370 g/mol. The second-order valence-corrected chi connectivity index (χ2v) is 6.83. The van der Waals surface area contributed by atoms with Crippen molar-refractivity contribution in [2.24, 2.45) is 0 Å². The Hall–Kier alpha value is -2.73. The third-order valence-electron chi connectivity index (χ3n) is 3.87. The van der Waals surface area contributed by atoms with Gasteiger partial charge < -0.3 is 9.64 Å². The minimum absolute atomic E-state index is 0.0788. The standard InChI is InChI=1S/C20H19FN2O2S/c1-14-18(26-19(22-14)15-6-4-3-5-7-15)20(24)23(2)12-13-25-17-10-8-16(21)9-11-17/h3-11H,12-13H2,1-2H3. The number of aromatic nitrogens is 1. The number of nitrogens with zero attached hydrogens (tertiary/aromatic N) is 2. The Morgan fingerprint density at radius 2 is 1.85 bits per heavy atom. The molecule has 1 amide bonds. The fourth-order valence-electron chi connectivity index (χ4n) is 2.41. The zero-order valence-electron chi connectivity index (χ0n) is 14.6. The van der Waals surface area contributed by atoms with Crippen LogP contribution >= 0.6 is 11.3 Å². The van der Waals surface area contributed by atoms with Crippen LogP contribution in [0.5, 0.6) is 5.75 Å². The number of hydrogen-bond donors (Lipinski definition) is 0. The van der Waals surface area contributed by atoms with E-state index < -0.39 is 0 Å². The number of thiazole rings is 1. The lowest BCUT2D eigenvalue weighted by atomic mass is 10.2. The first-order chi connectivity index (χ1) is 12.5. The number of hydrogen-bond acceptors (Lipinski definition) is 4. The van der Waals surface area contributed by atoms with Gasteiger partial charge in [-0.3, -0.25) is 4.79 Å². The summed E-state index contributed by atoms with van der Waals surface area (Å²) in [6.45, 7) is 2.60. The second-order valence-electron chi connectivity index (χ2n) is 5.83. The van der Waals surface area contributed by atoms with Crippen LogP contribution < -0.4 is 4.74 Å². The van der Waals surface area contributed by atoms with Crippen LogP contribution in [0.2, 0.25) is 0 Å². The van der Waals surface area contributed by atoms with Crippen molar-refractivity contribution < 1.29 is 13.9 Å². The Morgan fingerprint density at radius 1 is 1.15 bits per heavy atom. The third-order valence-corrected chi connectivity index (χ3v) is 5.06. The van der Waals surface area contributed by atoms with Crippen LogP contribution in [0.3, 0.4) is 0 Å². The summed E-state index contributed by atoms with van der Waals surface area (Å²) in [7, 11) is 1.73. The molecule has 134 valence electrons. The van der Waals surface area contributed by atoms with Crippen LogP contribution in [-0.2, 0) is 0 Å². The number of ether oxygens (including phenoxy) is 1. The average Bonchev–Trinajstić information content (AvgIpc) is 3.05. The van der Waals surface area contributed by atoms with Gasteiger partial charge in [-0.1, -0.05) is 30.3 Å². The number of carbonyl (C=O) groups is 1. The Balaban J connectivity index is 1.61. The number of halogens is 1. The summed E-state index contributed by atoms with van der Waals surface area (Å²) >= 11 is 1.40. The van der Waals surface area contributed by atoms with Gasteiger partial charge in [-0.25, -0.2) is 9.37 Å². The van der Waals surface area contributed by atoms with Crippen LogP contribution in [0.4, 0.5) is 4.39 Å². The van der Waals surface area contributed by atoms with Gasteiger partial charge in [0.2, 0.25) is 0 Å². The summed E-state index contributed by atoms with van der Waals surface area (Å²) in [4.78, 5) is 19.5. The van der Waals surface area contributed by atoms with Crippen LogP contribution in [0.25, 0.3) is 10.6 Å². The van der Waals surface area contributed by atoms with Gasteiger partial charge in [0.25, 0.3) is 5.91 Å². The molecule has 0 saturated heterocycles. The first-order valence-corrected chi connectivity index (χ1v) is 9.03. The van der Waals surface area contributed by atoms with Crippen molar-refractivity contribution in [2.45, 2.75) is 6.92 Å². The van der Waals surface area contributed by atoms with Crippen molar-refractivity contribution >= 4 is 17.2 Å². The Labute approximate surface area is 155 Å². The molecule has 1 heterocycles. The van der Waals surface area contributed by atoms with Gasteiger partial charge in [0.15, 0.2) is 0 Å². The summed E-state index contributed by atoms with van der Waals surface area (Å²) in [6.07, 6.45) is 0. The molecule has 0 N–H and O–H groups in total. The van der Waals surface area contributed by atoms with Gasteiger partial charge in [0, 0.05) is 12.6 Å². The van der Waals surface area contributed by atoms with E-state index in [0.29, 0.717) is 23.8 Å². The van der Waals surface area contributed by atoms with E-state index in [1.807, 2.05) is 37.3 Å². The lowest BCUT2D eigenvalue weighted by Crippen LogP contribution is -2.30. The van der Waals surface area contributed by atoms with Crippen molar-refractivity contribution in [3.8, 4) is 16.3 Å². The minimum Gasteiger partial charge on any atom is -0.492 e. The molecule has 0 atom stereocenters. The normalized spacial score (nSPS) is 10.6. The van der Waals surface area contributed by atoms with Crippen LogP contribution in [0.15, 0.2) is 54.6 Å². The molecular formula is C20H19FN2O2S. The van der Waals surface area contributed by atoms with E-state index in [4.69, 9.17) is 4.74 Å². The second kappa shape index (κ2) is 8.10. The molecular weight excluding hydrogens is 351 g/mol. The Kier molecular flexibility index (Phi) is 5.63. The van der Waals surface area contributed by atoms with Gasteiger partial charge in [-0.15, -0.1) is 11.3 Å². The maximum Gasteiger partial charge on any atom is 0.265 e. The first kappa shape index (κ1) is 18.1. The number of rotatable bonds is 6. The highest BCUT2D eigenvalue weighted by Gasteiger charge is 2.19. The van der Waals surface area contributed by atoms with E-state index in [1.54, 1.807) is 24.1 Å². The van der Waals surface area contributed by atoms with Crippen molar-refractivity contribution in [1.82, 2.24) is 9.88 Å². The SMILES string of the molecule is Cc1nc(-c2ccccc2)sc1C(=O)N(C)CCOc1ccc(F)cc1. The number of benzene rings is 2. The molecule has 0 fully saturated rings. The summed E-state index contributed by atoms with van der Waals surface area (Å²) < 4.78 is 18.4. The lowest BCUT2D eigenvalue weighted by molar-refractivity contribution is 0.0777. The molecule has 0 aliphatic rings. The van der Waals surface area contributed by atoms with E-state index >= 15 is 0 Å². The van der Waals surface area contributed by atoms with E-state index in [2.05, 4.69) is 4.98 Å². The van der Waals surface area contributed by atoms with Crippen molar-refractivity contribution in [3.63, 3.8) is 0 Å². The lowest BCUT2D eigenvalue weighted by Gasteiger charge is -2.17. The molecule has 0 radical (unpaired) electrons. The van der Waals surface area contributed by atoms with Crippen molar-refractivity contribution in [1.29, 1.82) is 0 Å². The van der Waals surface area contributed by atoms with Gasteiger partial charge in [0.1, 0.15) is 28.1 Å². The predicted molar refractivity (Wildman–Crippen MR) is 101 cm³/mol. The maximum absolute atomic E-state index is 12.9. The summed E-state index contributed by atoms with van der Waals surface area (Å²) in [5, 5.41) is 0.836. The maximum atomic E-state index is 12.9. The van der Waals surface area contributed by atoms with Gasteiger partial charge in [0.05, 0.1) is 12.2 Å². The minimum atomic E-state index is -0.306. The Morgan fingerprint density at radius 3 is 2.54 bits per heavy atom. The molecule has 3 rings (SSSR count). The fraction of sp³-hybridized carbons (Fsp3) is 0.200. The predicted octanol–water partition coefficient (Wildman–Crippen LogP) is 4.41. The molecule has 0 saturated carbocycles. The van der Waals surface area contributed by atoms with Gasteiger partial charge >= 0.3 is 0 Å². The quantitative estimate of drug-likeness (QED) is 0.645. The smallest absolute Gasteiger partial charge is 0.265 e. The molecule has 26 heavy (non-hydrogen) atoms. The van der Waals surface area contributed by atoms with Gasteiger partial charge in [-0.2, -0.15) is 0 Å². The van der Waals surface area contributed by atoms with E-state index in [9.17, 15) is 9.18 Å². The molecule has 0 unspecified atom stereocenters. The molecule has 0 aliphatic heterocycles. The number of carbonyl (C=O) groups excluding carboxylic acids is 1. The number of amides is 1. The highest BCUT2D eigenvalue weighted by Crippen LogP contribution is 2.28. The third kappa shape index (κ3) is 4.26. The summed E-state index contributed by atoms with van der Waals surface area (Å²) in [5.74, 6) is 0.192. The first-order valence-electron chi connectivity index (χ1n) is 8.21. The highest BCUT2D eigenvalue weighted by atomic mass is 32.1. The van der Waals surface area contributed by atoms with Crippen LogP contribution in [-0.4, -0.2) is 36.0 Å². The molecule has 0 spiro atoms. The Bertz CT molecular complexity index is 879. The topological polar surface area (TPSA) is 42.4 Å². The molecule has 0 aliphatic carbocycles. The van der Waals surface area contributed by atoms with E-state index in [1.165, 1.54) is 23.5 Å². The number of aryl methyl sites for hydroxylation is 1. The zero-order chi connectivity index (χ0) is 18.5. The molecule has 4 nitrogen and oxygen atoms in total. The summed E-state index contributed by atoms with van der Waals surface area (Å²) in [6, 6.07) is 15.6. The van der Waals surface area contributed by atoms with E-state index in [-0.39, 0.29) is 11.7 Å². The fourth-order valence-corrected chi connectivity index (χ4v) is 3.47. The summed E-state index contributed by atoms with van der Waals surface area (Å²) in [5.41, 5.74) is 1.73. The number of likely N-dealkylation sites (N-methyl/N-ethyl adjacent to an activating group) is 1. The molecule has 6 heteroatoms. The zero-order valence-corrected chi connectivity index (χ0v) is 15.4. The largest absolute Gasteiger partial charge is 0.492 e. The molecule has 1 aromatic heterocycles.